The molecular weight excluding hydrogens is 425 g/mol. The number of carbonyl (C=O) groups excluding carboxylic acids is 1. The van der Waals surface area contributed by atoms with Crippen LogP contribution in [-0.2, 0) is 16.1 Å². The number of ether oxygens (including phenoxy) is 1. The van der Waals surface area contributed by atoms with E-state index in [1.165, 1.54) is 22.2 Å². The number of halogens is 1. The van der Waals surface area contributed by atoms with Gasteiger partial charge in [-0.05, 0) is 37.1 Å². The van der Waals surface area contributed by atoms with Crippen molar-refractivity contribution in [1.29, 1.82) is 0 Å². The number of hydrazone groups is 1. The van der Waals surface area contributed by atoms with Gasteiger partial charge in [-0.25, -0.2) is 9.18 Å². The number of hydrogen-bond donors (Lipinski definition) is 0. The standard InChI is InChI=1S/C25H26FN3O4/c1-5-29(16-30)24(15-32-13-18-9-7-6-8-10-18)27-28(4)23-12-19-20(11-22(23)26)25(31)33-14-21(19)17(2)3/h6-12,14,16H,2,5,13,15H2,1,3-4H3/b27-24-. The Hall–Kier alpha value is -3.78. The number of rotatable bonds is 9. The first-order chi connectivity index (χ1) is 15.8. The smallest absolute Gasteiger partial charge is 0.343 e. The quantitative estimate of drug-likeness (QED) is 0.209. The van der Waals surface area contributed by atoms with Crippen LogP contribution in [0.3, 0.4) is 0 Å². The maximum absolute atomic E-state index is 14.9. The summed E-state index contributed by atoms with van der Waals surface area (Å²) in [6.45, 7) is 8.21. The first-order valence-electron chi connectivity index (χ1n) is 10.4. The number of hydrogen-bond acceptors (Lipinski definition) is 6. The number of carbonyl (C=O) groups is 1. The van der Waals surface area contributed by atoms with Crippen molar-refractivity contribution < 1.29 is 18.3 Å². The van der Waals surface area contributed by atoms with Crippen molar-refractivity contribution in [3.63, 3.8) is 0 Å². The average Bonchev–Trinajstić information content (AvgIpc) is 2.80. The SMILES string of the molecule is C=C(C)c1coc(=O)c2cc(F)c(N(C)/N=C(/COCc3ccccc3)N(C=O)CC)cc12. The zero-order valence-corrected chi connectivity index (χ0v) is 18.9. The van der Waals surface area contributed by atoms with Crippen LogP contribution in [0.4, 0.5) is 10.1 Å². The maximum Gasteiger partial charge on any atom is 0.343 e. The van der Waals surface area contributed by atoms with Crippen molar-refractivity contribution in [3.8, 4) is 0 Å². The minimum atomic E-state index is -0.654. The van der Waals surface area contributed by atoms with Crippen LogP contribution in [0.25, 0.3) is 16.3 Å². The van der Waals surface area contributed by atoms with Crippen molar-refractivity contribution in [1.82, 2.24) is 4.90 Å². The molecule has 0 bridgehead atoms. The predicted octanol–water partition coefficient (Wildman–Crippen LogP) is 4.41. The van der Waals surface area contributed by atoms with Crippen LogP contribution in [0.1, 0.15) is 25.0 Å². The molecule has 0 N–H and O–H groups in total. The summed E-state index contributed by atoms with van der Waals surface area (Å²) in [7, 11) is 1.56. The van der Waals surface area contributed by atoms with Crippen LogP contribution in [0, 0.1) is 5.82 Å². The zero-order chi connectivity index (χ0) is 24.0. The van der Waals surface area contributed by atoms with E-state index in [9.17, 15) is 14.0 Å². The van der Waals surface area contributed by atoms with Gasteiger partial charge < -0.3 is 9.15 Å². The Kier molecular flexibility index (Phi) is 7.74. The molecule has 33 heavy (non-hydrogen) atoms. The number of benzene rings is 2. The van der Waals surface area contributed by atoms with E-state index >= 15 is 0 Å². The second kappa shape index (κ2) is 10.7. The summed E-state index contributed by atoms with van der Waals surface area (Å²) in [5.41, 5.74) is 1.72. The Bertz CT molecular complexity index is 1240. The van der Waals surface area contributed by atoms with Gasteiger partial charge in [-0.1, -0.05) is 36.9 Å². The number of nitrogens with zero attached hydrogens (tertiary/aromatic N) is 3. The van der Waals surface area contributed by atoms with E-state index in [1.807, 2.05) is 30.3 Å². The van der Waals surface area contributed by atoms with Crippen LogP contribution in [-0.4, -0.2) is 37.3 Å². The van der Waals surface area contributed by atoms with Gasteiger partial charge in [0.25, 0.3) is 0 Å². The first kappa shape index (κ1) is 23.9. The molecule has 0 radical (unpaired) electrons. The van der Waals surface area contributed by atoms with Crippen molar-refractivity contribution >= 4 is 34.3 Å². The summed E-state index contributed by atoms with van der Waals surface area (Å²) < 4.78 is 25.7. The maximum atomic E-state index is 14.9. The van der Waals surface area contributed by atoms with Gasteiger partial charge in [-0.3, -0.25) is 14.7 Å². The molecule has 8 heteroatoms. The number of allylic oxidation sites excluding steroid dienone is 1. The van der Waals surface area contributed by atoms with Crippen LogP contribution in [0.2, 0.25) is 0 Å². The van der Waals surface area contributed by atoms with Crippen LogP contribution in [0.15, 0.2) is 69.6 Å². The Labute approximate surface area is 191 Å². The van der Waals surface area contributed by atoms with Crippen molar-refractivity contribution in [2.24, 2.45) is 5.10 Å². The molecule has 0 unspecified atom stereocenters. The van der Waals surface area contributed by atoms with Gasteiger partial charge in [0.1, 0.15) is 18.7 Å². The highest BCUT2D eigenvalue weighted by Gasteiger charge is 2.17. The summed E-state index contributed by atoms with van der Waals surface area (Å²) >= 11 is 0. The van der Waals surface area contributed by atoms with Crippen LogP contribution in [0.5, 0.6) is 0 Å². The molecule has 0 aliphatic heterocycles. The highest BCUT2D eigenvalue weighted by molar-refractivity contribution is 5.95. The summed E-state index contributed by atoms with van der Waals surface area (Å²) in [5, 5.41) is 6.37. The summed E-state index contributed by atoms with van der Waals surface area (Å²) in [4.78, 5) is 25.1. The Balaban J connectivity index is 1.95. The highest BCUT2D eigenvalue weighted by Crippen LogP contribution is 2.29. The van der Waals surface area contributed by atoms with Gasteiger partial charge in [-0.15, -0.1) is 0 Å². The Morgan fingerprint density at radius 3 is 2.61 bits per heavy atom. The molecule has 0 saturated carbocycles. The van der Waals surface area contributed by atoms with E-state index in [2.05, 4.69) is 11.7 Å². The number of anilines is 1. The molecule has 7 nitrogen and oxygen atoms in total. The van der Waals surface area contributed by atoms with E-state index in [0.29, 0.717) is 41.9 Å². The number of amides is 1. The van der Waals surface area contributed by atoms with Gasteiger partial charge >= 0.3 is 5.63 Å². The van der Waals surface area contributed by atoms with Crippen LogP contribution < -0.4 is 10.6 Å². The average molecular weight is 451 g/mol. The molecular formula is C25H26FN3O4. The highest BCUT2D eigenvalue weighted by atomic mass is 19.1. The molecule has 0 aliphatic rings. The van der Waals surface area contributed by atoms with E-state index < -0.39 is 11.4 Å². The molecule has 0 saturated heterocycles. The third-order valence-electron chi connectivity index (χ3n) is 5.10. The van der Waals surface area contributed by atoms with Crippen molar-refractivity contribution in [2.75, 3.05) is 25.2 Å². The Morgan fingerprint density at radius 1 is 1.24 bits per heavy atom. The number of likely N-dealkylation sites (N-methyl/N-ethyl adjacent to an activating group) is 1. The fraction of sp³-hybridized carbons (Fsp3) is 0.240. The molecule has 3 rings (SSSR count). The number of fused-ring (bicyclic) bond motifs is 1. The van der Waals surface area contributed by atoms with Gasteiger partial charge in [0.2, 0.25) is 6.41 Å². The lowest BCUT2D eigenvalue weighted by Crippen LogP contribution is -2.35. The molecule has 1 amide bonds. The molecule has 0 spiro atoms. The lowest BCUT2D eigenvalue weighted by Gasteiger charge is -2.22. The fourth-order valence-corrected chi connectivity index (χ4v) is 3.32. The second-order valence-corrected chi connectivity index (χ2v) is 7.48. The second-order valence-electron chi connectivity index (χ2n) is 7.48. The summed E-state index contributed by atoms with van der Waals surface area (Å²) in [6, 6.07) is 12.2. The molecule has 0 atom stereocenters. The molecule has 3 aromatic rings. The lowest BCUT2D eigenvalue weighted by atomic mass is 10.0. The molecule has 1 heterocycles. The van der Waals surface area contributed by atoms with Gasteiger partial charge in [-0.2, -0.15) is 5.10 Å². The topological polar surface area (TPSA) is 75.4 Å². The lowest BCUT2D eigenvalue weighted by molar-refractivity contribution is -0.114. The summed E-state index contributed by atoms with van der Waals surface area (Å²) in [5.74, 6) is -0.336. The van der Waals surface area contributed by atoms with E-state index in [0.717, 1.165) is 11.6 Å². The van der Waals surface area contributed by atoms with Gasteiger partial charge in [0.05, 0.1) is 17.7 Å². The molecule has 1 aromatic heterocycles. The minimum Gasteiger partial charge on any atom is -0.430 e. The molecule has 0 fully saturated rings. The van der Waals surface area contributed by atoms with E-state index in [-0.39, 0.29) is 17.7 Å². The minimum absolute atomic E-state index is 0.0433. The summed E-state index contributed by atoms with van der Waals surface area (Å²) in [6.07, 6.45) is 1.96. The van der Waals surface area contributed by atoms with Crippen molar-refractivity contribution in [2.45, 2.75) is 20.5 Å². The monoisotopic (exact) mass is 451 g/mol. The van der Waals surface area contributed by atoms with E-state index in [1.54, 1.807) is 20.9 Å². The predicted molar refractivity (Wildman–Crippen MR) is 128 cm³/mol. The van der Waals surface area contributed by atoms with Gasteiger partial charge in [0, 0.05) is 24.5 Å². The Morgan fingerprint density at radius 2 is 1.97 bits per heavy atom. The third-order valence-corrected chi connectivity index (χ3v) is 5.10. The zero-order valence-electron chi connectivity index (χ0n) is 18.9. The largest absolute Gasteiger partial charge is 0.430 e. The normalized spacial score (nSPS) is 11.5. The van der Waals surface area contributed by atoms with Crippen molar-refractivity contribution in [3.05, 3.63) is 82.7 Å². The molecule has 172 valence electrons. The van der Waals surface area contributed by atoms with Gasteiger partial charge in [0.15, 0.2) is 5.84 Å². The van der Waals surface area contributed by atoms with Crippen LogP contribution >= 0.6 is 0 Å². The third kappa shape index (κ3) is 5.53. The number of amidine groups is 1. The molecule has 2 aromatic carbocycles. The molecule has 0 aliphatic carbocycles. The van der Waals surface area contributed by atoms with E-state index in [4.69, 9.17) is 9.15 Å². The fourth-order valence-electron chi connectivity index (χ4n) is 3.32. The first-order valence-corrected chi connectivity index (χ1v) is 10.4.